The SMILES string of the molecule is CC(C(=O)Nc1ccc(Cl)c(C(F)(F)F)c1)N1CCC(C(=O)Nc2ccccc2)CC1. The summed E-state index contributed by atoms with van der Waals surface area (Å²) in [5, 5.41) is 5.00. The van der Waals surface area contributed by atoms with Crippen molar-refractivity contribution in [3.8, 4) is 0 Å². The van der Waals surface area contributed by atoms with Crippen molar-refractivity contribution in [2.24, 2.45) is 5.92 Å². The number of hydrogen-bond acceptors (Lipinski definition) is 3. The molecule has 9 heteroatoms. The molecule has 0 saturated carbocycles. The number of halogens is 4. The van der Waals surface area contributed by atoms with E-state index in [-0.39, 0.29) is 17.5 Å². The van der Waals surface area contributed by atoms with Crippen LogP contribution in [0.5, 0.6) is 0 Å². The van der Waals surface area contributed by atoms with E-state index in [0.717, 1.165) is 17.8 Å². The Kier molecular flexibility index (Phi) is 7.23. The molecule has 0 aromatic heterocycles. The summed E-state index contributed by atoms with van der Waals surface area (Å²) in [4.78, 5) is 26.9. The predicted octanol–water partition coefficient (Wildman–Crippen LogP) is 5.04. The second kappa shape index (κ2) is 9.70. The molecule has 5 nitrogen and oxygen atoms in total. The zero-order valence-electron chi connectivity index (χ0n) is 16.9. The van der Waals surface area contributed by atoms with Crippen molar-refractivity contribution in [2.75, 3.05) is 23.7 Å². The average Bonchev–Trinajstić information content (AvgIpc) is 2.74. The molecule has 0 radical (unpaired) electrons. The number of hydrogen-bond donors (Lipinski definition) is 2. The lowest BCUT2D eigenvalue weighted by atomic mass is 9.94. The van der Waals surface area contributed by atoms with Crippen LogP contribution in [0.1, 0.15) is 25.3 Å². The lowest BCUT2D eigenvalue weighted by Gasteiger charge is -2.34. The summed E-state index contributed by atoms with van der Waals surface area (Å²) in [6.45, 7) is 2.77. The number of anilines is 2. The molecular weight excluding hydrogens is 431 g/mol. The van der Waals surface area contributed by atoms with E-state index in [0.29, 0.717) is 25.9 Å². The summed E-state index contributed by atoms with van der Waals surface area (Å²) in [5.74, 6) is -0.622. The van der Waals surface area contributed by atoms with E-state index in [9.17, 15) is 22.8 Å². The normalized spacial score (nSPS) is 16.5. The summed E-state index contributed by atoms with van der Waals surface area (Å²) in [6, 6.07) is 11.9. The van der Waals surface area contributed by atoms with Gasteiger partial charge in [-0.25, -0.2) is 0 Å². The van der Waals surface area contributed by atoms with Crippen LogP contribution in [0.15, 0.2) is 48.5 Å². The van der Waals surface area contributed by atoms with Crippen LogP contribution in [-0.4, -0.2) is 35.8 Å². The van der Waals surface area contributed by atoms with Crippen molar-refractivity contribution in [1.29, 1.82) is 0 Å². The molecule has 0 spiro atoms. The van der Waals surface area contributed by atoms with Crippen LogP contribution in [-0.2, 0) is 15.8 Å². The number of benzene rings is 2. The highest BCUT2D eigenvalue weighted by Gasteiger charge is 2.34. The Morgan fingerprint density at radius 2 is 1.68 bits per heavy atom. The molecule has 31 heavy (non-hydrogen) atoms. The minimum absolute atomic E-state index is 0.0331. The fourth-order valence-corrected chi connectivity index (χ4v) is 3.77. The van der Waals surface area contributed by atoms with Crippen molar-refractivity contribution in [1.82, 2.24) is 4.90 Å². The van der Waals surface area contributed by atoms with Gasteiger partial charge in [0.25, 0.3) is 0 Å². The molecule has 1 aliphatic rings. The molecule has 0 aliphatic carbocycles. The molecule has 1 atom stereocenters. The van der Waals surface area contributed by atoms with Crippen molar-refractivity contribution in [2.45, 2.75) is 32.0 Å². The largest absolute Gasteiger partial charge is 0.417 e. The minimum Gasteiger partial charge on any atom is -0.326 e. The second-order valence-electron chi connectivity index (χ2n) is 7.52. The molecule has 1 aliphatic heterocycles. The van der Waals surface area contributed by atoms with Gasteiger partial charge < -0.3 is 10.6 Å². The monoisotopic (exact) mass is 453 g/mol. The summed E-state index contributed by atoms with van der Waals surface area (Å²) >= 11 is 5.62. The lowest BCUT2D eigenvalue weighted by Crippen LogP contribution is -2.47. The van der Waals surface area contributed by atoms with Gasteiger partial charge in [-0.2, -0.15) is 13.2 Å². The maximum absolute atomic E-state index is 13.0. The molecule has 0 bridgehead atoms. The van der Waals surface area contributed by atoms with Gasteiger partial charge in [-0.3, -0.25) is 14.5 Å². The van der Waals surface area contributed by atoms with E-state index in [2.05, 4.69) is 10.6 Å². The van der Waals surface area contributed by atoms with E-state index in [4.69, 9.17) is 11.6 Å². The van der Waals surface area contributed by atoms with Crippen LogP contribution in [0.4, 0.5) is 24.5 Å². The highest BCUT2D eigenvalue weighted by Crippen LogP contribution is 2.36. The predicted molar refractivity (Wildman–Crippen MR) is 114 cm³/mol. The Labute approximate surface area is 183 Å². The zero-order chi connectivity index (χ0) is 22.6. The average molecular weight is 454 g/mol. The van der Waals surface area contributed by atoms with E-state index < -0.39 is 28.7 Å². The molecule has 1 heterocycles. The minimum atomic E-state index is -4.61. The Morgan fingerprint density at radius 3 is 2.29 bits per heavy atom. The van der Waals surface area contributed by atoms with Crippen molar-refractivity contribution >= 4 is 34.8 Å². The molecule has 1 fully saturated rings. The second-order valence-corrected chi connectivity index (χ2v) is 7.93. The van der Waals surface area contributed by atoms with Gasteiger partial charge in [0, 0.05) is 17.3 Å². The van der Waals surface area contributed by atoms with E-state index in [1.165, 1.54) is 6.07 Å². The Hall–Kier alpha value is -2.58. The van der Waals surface area contributed by atoms with Gasteiger partial charge in [0.2, 0.25) is 11.8 Å². The first kappa shape index (κ1) is 23.1. The number of nitrogens with zero attached hydrogens (tertiary/aromatic N) is 1. The van der Waals surface area contributed by atoms with Crippen molar-refractivity contribution < 1.29 is 22.8 Å². The number of carbonyl (C=O) groups is 2. The van der Waals surface area contributed by atoms with Crippen LogP contribution in [0.2, 0.25) is 5.02 Å². The third kappa shape index (κ3) is 5.98. The number of nitrogens with one attached hydrogen (secondary N) is 2. The number of amides is 2. The fraction of sp³-hybridized carbons (Fsp3) is 0.364. The van der Waals surface area contributed by atoms with E-state index in [1.54, 1.807) is 6.92 Å². The fourth-order valence-electron chi connectivity index (χ4n) is 3.55. The first-order valence-electron chi connectivity index (χ1n) is 9.92. The Morgan fingerprint density at radius 1 is 1.03 bits per heavy atom. The molecule has 2 aromatic rings. The van der Waals surface area contributed by atoms with Gasteiger partial charge in [-0.1, -0.05) is 29.8 Å². The number of likely N-dealkylation sites (tertiary alicyclic amines) is 1. The van der Waals surface area contributed by atoms with Gasteiger partial charge in [-0.05, 0) is 63.2 Å². The smallest absolute Gasteiger partial charge is 0.326 e. The lowest BCUT2D eigenvalue weighted by molar-refractivity contribution is -0.137. The van der Waals surface area contributed by atoms with Crippen LogP contribution in [0.3, 0.4) is 0 Å². The topological polar surface area (TPSA) is 61.4 Å². The summed E-state index contributed by atoms with van der Waals surface area (Å²) < 4.78 is 39.1. The number of para-hydroxylation sites is 1. The first-order chi connectivity index (χ1) is 14.6. The van der Waals surface area contributed by atoms with Crippen LogP contribution < -0.4 is 10.6 Å². The third-order valence-corrected chi connectivity index (χ3v) is 5.74. The molecule has 3 rings (SSSR count). The maximum atomic E-state index is 13.0. The van der Waals surface area contributed by atoms with Gasteiger partial charge in [0.15, 0.2) is 0 Å². The number of rotatable bonds is 5. The van der Waals surface area contributed by atoms with Crippen LogP contribution >= 0.6 is 11.6 Å². The van der Waals surface area contributed by atoms with Crippen LogP contribution in [0, 0.1) is 5.92 Å². The van der Waals surface area contributed by atoms with Crippen molar-refractivity contribution in [3.05, 3.63) is 59.1 Å². The molecule has 166 valence electrons. The number of carbonyl (C=O) groups excluding carboxylic acids is 2. The zero-order valence-corrected chi connectivity index (χ0v) is 17.6. The standard InChI is InChI=1S/C22H23ClF3N3O2/c1-14(20(30)28-17-7-8-19(23)18(13-17)22(24,25)26)29-11-9-15(10-12-29)21(31)27-16-5-3-2-4-6-16/h2-8,13-15H,9-12H2,1H3,(H,27,31)(H,28,30). The van der Waals surface area contributed by atoms with Gasteiger partial charge >= 0.3 is 6.18 Å². The van der Waals surface area contributed by atoms with Gasteiger partial charge in [-0.15, -0.1) is 0 Å². The number of alkyl halides is 3. The molecule has 2 amide bonds. The highest BCUT2D eigenvalue weighted by molar-refractivity contribution is 6.31. The molecule has 1 saturated heterocycles. The highest BCUT2D eigenvalue weighted by atomic mass is 35.5. The quantitative estimate of drug-likeness (QED) is 0.667. The van der Waals surface area contributed by atoms with Crippen LogP contribution in [0.25, 0.3) is 0 Å². The maximum Gasteiger partial charge on any atom is 0.417 e. The molecule has 2 aromatic carbocycles. The molecular formula is C22H23ClF3N3O2. The summed E-state index contributed by atoms with van der Waals surface area (Å²) in [7, 11) is 0. The van der Waals surface area contributed by atoms with Crippen molar-refractivity contribution in [3.63, 3.8) is 0 Å². The summed E-state index contributed by atoms with van der Waals surface area (Å²) in [5.41, 5.74) is -0.223. The van der Waals surface area contributed by atoms with E-state index >= 15 is 0 Å². The van der Waals surface area contributed by atoms with Gasteiger partial charge in [0.1, 0.15) is 0 Å². The van der Waals surface area contributed by atoms with Gasteiger partial charge in [0.05, 0.1) is 16.6 Å². The third-order valence-electron chi connectivity index (χ3n) is 5.41. The summed E-state index contributed by atoms with van der Waals surface area (Å²) in [6.07, 6.45) is -3.42. The van der Waals surface area contributed by atoms with E-state index in [1.807, 2.05) is 35.2 Å². The first-order valence-corrected chi connectivity index (χ1v) is 10.3. The molecule has 1 unspecified atom stereocenters. The number of piperidine rings is 1. The molecule has 2 N–H and O–H groups in total. The Bertz CT molecular complexity index is 929. The Balaban J connectivity index is 1.54.